The lowest BCUT2D eigenvalue weighted by molar-refractivity contribution is 0.0269. The Morgan fingerprint density at radius 1 is 1.35 bits per heavy atom. The van der Waals surface area contributed by atoms with Crippen molar-refractivity contribution in [2.75, 3.05) is 13.1 Å². The molecule has 5 nitrogen and oxygen atoms in total. The van der Waals surface area contributed by atoms with Crippen LogP contribution in [0.25, 0.3) is 0 Å². The van der Waals surface area contributed by atoms with E-state index in [1.54, 1.807) is 0 Å². The van der Waals surface area contributed by atoms with Crippen LogP contribution in [0.5, 0.6) is 0 Å². The number of carbonyl (C=O) groups is 1. The van der Waals surface area contributed by atoms with Crippen LogP contribution in [-0.4, -0.2) is 40.3 Å². The summed E-state index contributed by atoms with van der Waals surface area (Å²) in [4.78, 5) is 13.9. The van der Waals surface area contributed by atoms with Crippen LogP contribution in [0.2, 0.25) is 0 Å². The quantitative estimate of drug-likeness (QED) is 0.908. The predicted molar refractivity (Wildman–Crippen MR) is 90.1 cm³/mol. The maximum atomic E-state index is 12.1. The molecule has 2 heterocycles. The van der Waals surface area contributed by atoms with E-state index in [0.717, 1.165) is 32.6 Å². The Balaban J connectivity index is 1.44. The molecular weight excluding hydrogens is 290 g/mol. The summed E-state index contributed by atoms with van der Waals surface area (Å²) >= 11 is 0. The third-order valence-electron chi connectivity index (χ3n) is 4.75. The lowest BCUT2D eigenvalue weighted by atomic mass is 10.2. The average Bonchev–Trinajstić information content (AvgIpc) is 2.83. The van der Waals surface area contributed by atoms with E-state index in [9.17, 15) is 4.79 Å². The Labute approximate surface area is 139 Å². The molecule has 3 rings (SSSR count). The van der Waals surface area contributed by atoms with Crippen molar-refractivity contribution in [3.8, 4) is 0 Å². The first kappa shape index (κ1) is 16.4. The minimum Gasteiger partial charge on any atom is -0.444 e. The van der Waals surface area contributed by atoms with Gasteiger partial charge in [-0.1, -0.05) is 6.92 Å². The predicted octanol–water partition coefficient (Wildman–Crippen LogP) is 2.85. The molecule has 5 heteroatoms. The number of fused-ring (bicyclic) bond motifs is 1. The zero-order valence-corrected chi connectivity index (χ0v) is 14.7. The summed E-state index contributed by atoms with van der Waals surface area (Å²) in [6, 6.07) is 4.86. The number of rotatable bonds is 5. The van der Waals surface area contributed by atoms with Crippen molar-refractivity contribution in [1.82, 2.24) is 14.8 Å². The molecule has 2 atom stereocenters. The highest BCUT2D eigenvalue weighted by Gasteiger charge is 2.56. The van der Waals surface area contributed by atoms with E-state index >= 15 is 0 Å². The van der Waals surface area contributed by atoms with Gasteiger partial charge in [0.05, 0.1) is 0 Å². The largest absolute Gasteiger partial charge is 0.444 e. The topological polar surface area (TPSA) is 46.5 Å². The fourth-order valence-electron chi connectivity index (χ4n) is 3.60. The second kappa shape index (κ2) is 6.19. The third kappa shape index (κ3) is 3.71. The van der Waals surface area contributed by atoms with Crippen LogP contribution in [0.15, 0.2) is 18.3 Å². The molecule has 1 aromatic rings. The SMILES string of the molecule is CCCn1cccc1CNC1C2CN(C(=O)OC(C)(C)C)CC21. The van der Waals surface area contributed by atoms with Gasteiger partial charge in [0.25, 0.3) is 0 Å². The van der Waals surface area contributed by atoms with Gasteiger partial charge < -0.3 is 19.5 Å². The number of ether oxygens (including phenoxy) is 1. The molecule has 1 aromatic heterocycles. The molecule has 1 aliphatic heterocycles. The average molecular weight is 319 g/mol. The Morgan fingerprint density at radius 3 is 2.65 bits per heavy atom. The van der Waals surface area contributed by atoms with E-state index in [2.05, 4.69) is 35.1 Å². The molecule has 2 aliphatic rings. The zero-order chi connectivity index (χ0) is 16.6. The summed E-state index contributed by atoms with van der Waals surface area (Å²) in [5.41, 5.74) is 0.937. The van der Waals surface area contributed by atoms with Crippen molar-refractivity contribution in [3.63, 3.8) is 0 Å². The maximum Gasteiger partial charge on any atom is 0.410 e. The van der Waals surface area contributed by atoms with Gasteiger partial charge >= 0.3 is 6.09 Å². The molecule has 0 aromatic carbocycles. The van der Waals surface area contributed by atoms with Gasteiger partial charge in [-0.3, -0.25) is 0 Å². The smallest absolute Gasteiger partial charge is 0.410 e. The molecule has 0 spiro atoms. The van der Waals surface area contributed by atoms with Crippen LogP contribution >= 0.6 is 0 Å². The highest BCUT2D eigenvalue weighted by Crippen LogP contribution is 2.45. The minimum atomic E-state index is -0.411. The number of hydrogen-bond donors (Lipinski definition) is 1. The molecule has 1 aliphatic carbocycles. The zero-order valence-electron chi connectivity index (χ0n) is 14.7. The minimum absolute atomic E-state index is 0.166. The first-order chi connectivity index (χ1) is 10.9. The van der Waals surface area contributed by atoms with Gasteiger partial charge in [-0.05, 0) is 51.2 Å². The Hall–Kier alpha value is -1.49. The summed E-state index contributed by atoms with van der Waals surface area (Å²) in [6.45, 7) is 11.6. The highest BCUT2D eigenvalue weighted by atomic mass is 16.6. The van der Waals surface area contributed by atoms with Crippen molar-refractivity contribution >= 4 is 6.09 Å². The van der Waals surface area contributed by atoms with Crippen molar-refractivity contribution in [2.45, 2.75) is 58.8 Å². The second-order valence-corrected chi connectivity index (χ2v) is 7.81. The molecular formula is C18H29N3O2. The van der Waals surface area contributed by atoms with Gasteiger partial charge in [-0.25, -0.2) is 4.79 Å². The summed E-state index contributed by atoms with van der Waals surface area (Å²) in [6.07, 6.45) is 3.14. The van der Waals surface area contributed by atoms with E-state index in [0.29, 0.717) is 17.9 Å². The molecule has 128 valence electrons. The van der Waals surface area contributed by atoms with E-state index in [1.165, 1.54) is 5.69 Å². The van der Waals surface area contributed by atoms with Crippen LogP contribution in [0.3, 0.4) is 0 Å². The van der Waals surface area contributed by atoms with Crippen LogP contribution < -0.4 is 5.32 Å². The van der Waals surface area contributed by atoms with Gasteiger partial charge in [-0.2, -0.15) is 0 Å². The number of aromatic nitrogens is 1. The number of aryl methyl sites for hydroxylation is 1. The summed E-state index contributed by atoms with van der Waals surface area (Å²) in [7, 11) is 0. The Bertz CT molecular complexity index is 549. The van der Waals surface area contributed by atoms with Crippen molar-refractivity contribution in [3.05, 3.63) is 24.0 Å². The van der Waals surface area contributed by atoms with E-state index in [-0.39, 0.29) is 6.09 Å². The molecule has 1 amide bonds. The molecule has 1 N–H and O–H groups in total. The number of carbonyl (C=O) groups excluding carboxylic acids is 1. The van der Waals surface area contributed by atoms with E-state index in [4.69, 9.17) is 4.74 Å². The van der Waals surface area contributed by atoms with Crippen LogP contribution in [0, 0.1) is 11.8 Å². The van der Waals surface area contributed by atoms with Gasteiger partial charge in [0.15, 0.2) is 0 Å². The summed E-state index contributed by atoms with van der Waals surface area (Å²) in [5.74, 6) is 1.19. The Kier molecular flexibility index (Phi) is 4.41. The molecule has 2 fully saturated rings. The van der Waals surface area contributed by atoms with Crippen LogP contribution in [-0.2, 0) is 17.8 Å². The number of piperidine rings is 1. The van der Waals surface area contributed by atoms with Gasteiger partial charge in [0, 0.05) is 44.1 Å². The van der Waals surface area contributed by atoms with Crippen molar-refractivity contribution in [1.29, 1.82) is 0 Å². The van der Waals surface area contributed by atoms with E-state index in [1.807, 2.05) is 25.7 Å². The fourth-order valence-corrected chi connectivity index (χ4v) is 3.60. The molecule has 0 bridgehead atoms. The van der Waals surface area contributed by atoms with Crippen molar-refractivity contribution in [2.24, 2.45) is 11.8 Å². The lowest BCUT2D eigenvalue weighted by Gasteiger charge is -2.26. The fraction of sp³-hybridized carbons (Fsp3) is 0.722. The highest BCUT2D eigenvalue weighted by molar-refractivity contribution is 5.69. The normalized spacial score (nSPS) is 26.3. The lowest BCUT2D eigenvalue weighted by Crippen LogP contribution is -2.39. The maximum absolute atomic E-state index is 12.1. The van der Waals surface area contributed by atoms with E-state index < -0.39 is 5.60 Å². The first-order valence-corrected chi connectivity index (χ1v) is 8.74. The molecule has 1 saturated heterocycles. The summed E-state index contributed by atoms with van der Waals surface area (Å²) in [5, 5.41) is 3.67. The number of amides is 1. The Morgan fingerprint density at radius 2 is 2.04 bits per heavy atom. The number of nitrogens with zero attached hydrogens (tertiary/aromatic N) is 2. The molecule has 0 radical (unpaired) electrons. The first-order valence-electron chi connectivity index (χ1n) is 8.74. The molecule has 1 saturated carbocycles. The molecule has 2 unspecified atom stereocenters. The number of likely N-dealkylation sites (tertiary alicyclic amines) is 1. The van der Waals surface area contributed by atoms with Crippen LogP contribution in [0.4, 0.5) is 4.79 Å². The third-order valence-corrected chi connectivity index (χ3v) is 4.75. The number of nitrogens with one attached hydrogen (secondary N) is 1. The standard InChI is InChI=1S/C18H29N3O2/c1-5-8-20-9-6-7-13(20)10-19-16-14-11-21(12-15(14)16)17(22)23-18(2,3)4/h6-7,9,14-16,19H,5,8,10-12H2,1-4H3. The van der Waals surface area contributed by atoms with Gasteiger partial charge in [0.1, 0.15) is 5.60 Å². The monoisotopic (exact) mass is 319 g/mol. The van der Waals surface area contributed by atoms with Gasteiger partial charge in [-0.15, -0.1) is 0 Å². The summed E-state index contributed by atoms with van der Waals surface area (Å²) < 4.78 is 7.77. The van der Waals surface area contributed by atoms with Gasteiger partial charge in [0.2, 0.25) is 0 Å². The molecule has 23 heavy (non-hydrogen) atoms. The van der Waals surface area contributed by atoms with Crippen molar-refractivity contribution < 1.29 is 9.53 Å². The van der Waals surface area contributed by atoms with Crippen LogP contribution in [0.1, 0.15) is 39.8 Å². The second-order valence-electron chi connectivity index (χ2n) is 7.81. The number of hydrogen-bond acceptors (Lipinski definition) is 3.